The molecule has 1 N–H and O–H groups in total. The maximum Gasteiger partial charge on any atom is 0.0328 e. The number of thiophene rings is 1. The zero-order valence-corrected chi connectivity index (χ0v) is 13.7. The van der Waals surface area contributed by atoms with Crippen LogP contribution < -0.4 is 5.32 Å². The van der Waals surface area contributed by atoms with E-state index in [1.165, 1.54) is 46.7 Å². The van der Waals surface area contributed by atoms with E-state index in [2.05, 4.69) is 46.1 Å². The molecule has 2 heterocycles. The summed E-state index contributed by atoms with van der Waals surface area (Å²) in [7, 11) is 0. The molecule has 1 aliphatic heterocycles. The first-order chi connectivity index (χ1) is 8.69. The van der Waals surface area contributed by atoms with Gasteiger partial charge in [0.2, 0.25) is 0 Å². The summed E-state index contributed by atoms with van der Waals surface area (Å²) in [6.45, 7) is 10.3. The van der Waals surface area contributed by atoms with Crippen LogP contribution in [-0.4, -0.2) is 31.1 Å². The molecule has 0 saturated carbocycles. The van der Waals surface area contributed by atoms with Gasteiger partial charge in [-0.1, -0.05) is 6.92 Å². The van der Waals surface area contributed by atoms with Gasteiger partial charge in [-0.15, -0.1) is 11.3 Å². The summed E-state index contributed by atoms with van der Waals surface area (Å²) >= 11 is 5.52. The Morgan fingerprint density at radius 1 is 1.44 bits per heavy atom. The Hall–Kier alpha value is 0.1000. The van der Waals surface area contributed by atoms with Crippen LogP contribution in [0.3, 0.4) is 0 Å². The van der Waals surface area contributed by atoms with E-state index in [4.69, 9.17) is 0 Å². The van der Waals surface area contributed by atoms with E-state index >= 15 is 0 Å². The standard InChI is InChI=1S/C14H23BrN2S/c1-3-16-9-12-4-6-17(7-5-12)10-13-8-14(15)11(2)18-13/h8,12,16H,3-7,9-10H2,1-2H3. The minimum Gasteiger partial charge on any atom is -0.317 e. The number of likely N-dealkylation sites (tertiary alicyclic amines) is 1. The Bertz CT molecular complexity index is 350. The van der Waals surface area contributed by atoms with E-state index in [0.29, 0.717) is 0 Å². The molecule has 0 amide bonds. The van der Waals surface area contributed by atoms with Gasteiger partial charge >= 0.3 is 0 Å². The second-order valence-electron chi connectivity index (χ2n) is 5.14. The topological polar surface area (TPSA) is 15.3 Å². The van der Waals surface area contributed by atoms with Gasteiger partial charge in [0.1, 0.15) is 0 Å². The lowest BCUT2D eigenvalue weighted by atomic mass is 9.97. The maximum absolute atomic E-state index is 3.60. The van der Waals surface area contributed by atoms with Crippen LogP contribution in [0.25, 0.3) is 0 Å². The summed E-state index contributed by atoms with van der Waals surface area (Å²) in [5, 5.41) is 3.47. The first kappa shape index (κ1) is 14.5. The van der Waals surface area contributed by atoms with Crippen molar-refractivity contribution in [2.45, 2.75) is 33.2 Å². The highest BCUT2D eigenvalue weighted by molar-refractivity contribution is 9.10. The fourth-order valence-electron chi connectivity index (χ4n) is 2.51. The van der Waals surface area contributed by atoms with E-state index in [9.17, 15) is 0 Å². The highest BCUT2D eigenvalue weighted by Gasteiger charge is 2.19. The van der Waals surface area contributed by atoms with Gasteiger partial charge in [-0.3, -0.25) is 4.90 Å². The summed E-state index contributed by atoms with van der Waals surface area (Å²) in [6, 6.07) is 2.28. The van der Waals surface area contributed by atoms with Gasteiger partial charge in [-0.2, -0.15) is 0 Å². The summed E-state index contributed by atoms with van der Waals surface area (Å²) in [6.07, 6.45) is 2.69. The van der Waals surface area contributed by atoms with E-state index in [-0.39, 0.29) is 0 Å². The molecule has 2 nitrogen and oxygen atoms in total. The first-order valence-corrected chi connectivity index (χ1v) is 8.48. The molecule has 4 heteroatoms. The third-order valence-electron chi connectivity index (χ3n) is 3.68. The van der Waals surface area contributed by atoms with E-state index in [1.807, 2.05) is 11.3 Å². The molecule has 1 saturated heterocycles. The van der Waals surface area contributed by atoms with Crippen molar-refractivity contribution >= 4 is 27.3 Å². The van der Waals surface area contributed by atoms with E-state index in [1.54, 1.807) is 0 Å². The smallest absolute Gasteiger partial charge is 0.0328 e. The molecule has 102 valence electrons. The Balaban J connectivity index is 1.76. The molecule has 1 aliphatic rings. The molecular weight excluding hydrogens is 308 g/mol. The summed E-state index contributed by atoms with van der Waals surface area (Å²) in [5.74, 6) is 0.887. The van der Waals surface area contributed by atoms with Gasteiger partial charge < -0.3 is 5.32 Å². The number of hydrogen-bond donors (Lipinski definition) is 1. The maximum atomic E-state index is 3.60. The predicted molar refractivity (Wildman–Crippen MR) is 83.3 cm³/mol. The van der Waals surface area contributed by atoms with Crippen molar-refractivity contribution in [1.29, 1.82) is 0 Å². The summed E-state index contributed by atoms with van der Waals surface area (Å²) in [5.41, 5.74) is 0. The Labute approximate surface area is 123 Å². The molecule has 0 aliphatic carbocycles. The number of piperidine rings is 1. The van der Waals surface area contributed by atoms with Crippen LogP contribution in [0.5, 0.6) is 0 Å². The Morgan fingerprint density at radius 3 is 2.72 bits per heavy atom. The number of halogens is 1. The van der Waals surface area contributed by atoms with Gasteiger partial charge in [-0.25, -0.2) is 0 Å². The molecule has 1 aromatic heterocycles. The van der Waals surface area contributed by atoms with Crippen molar-refractivity contribution in [3.63, 3.8) is 0 Å². The summed E-state index contributed by atoms with van der Waals surface area (Å²) < 4.78 is 1.27. The molecule has 18 heavy (non-hydrogen) atoms. The van der Waals surface area contributed by atoms with Crippen LogP contribution in [0.15, 0.2) is 10.5 Å². The van der Waals surface area contributed by atoms with Gasteiger partial charge in [0, 0.05) is 20.8 Å². The molecule has 0 unspecified atom stereocenters. The van der Waals surface area contributed by atoms with Gasteiger partial charge in [-0.05, 0) is 73.9 Å². The van der Waals surface area contributed by atoms with Gasteiger partial charge in [0.15, 0.2) is 0 Å². The summed E-state index contributed by atoms with van der Waals surface area (Å²) in [4.78, 5) is 5.48. The molecule has 1 fully saturated rings. The molecular formula is C14H23BrN2S. The first-order valence-electron chi connectivity index (χ1n) is 6.87. The van der Waals surface area contributed by atoms with Crippen LogP contribution >= 0.6 is 27.3 Å². The van der Waals surface area contributed by atoms with Crippen LogP contribution in [0.4, 0.5) is 0 Å². The fraction of sp³-hybridized carbons (Fsp3) is 0.714. The lowest BCUT2D eigenvalue weighted by Crippen LogP contribution is -2.36. The van der Waals surface area contributed by atoms with Gasteiger partial charge in [0.05, 0.1) is 0 Å². The fourth-order valence-corrected chi connectivity index (χ4v) is 4.16. The zero-order valence-electron chi connectivity index (χ0n) is 11.3. The number of hydrogen-bond acceptors (Lipinski definition) is 3. The predicted octanol–water partition coefficient (Wildman–Crippen LogP) is 3.64. The van der Waals surface area contributed by atoms with Crippen molar-refractivity contribution in [2.75, 3.05) is 26.2 Å². The van der Waals surface area contributed by atoms with Crippen LogP contribution in [-0.2, 0) is 6.54 Å². The quantitative estimate of drug-likeness (QED) is 0.886. The molecule has 2 rings (SSSR count). The van der Waals surface area contributed by atoms with Crippen LogP contribution in [0.1, 0.15) is 29.5 Å². The normalized spacial score (nSPS) is 18.4. The lowest BCUT2D eigenvalue weighted by molar-refractivity contribution is 0.177. The number of nitrogens with one attached hydrogen (secondary N) is 1. The molecule has 0 radical (unpaired) electrons. The lowest BCUT2D eigenvalue weighted by Gasteiger charge is -2.31. The van der Waals surface area contributed by atoms with E-state index in [0.717, 1.165) is 19.0 Å². The van der Waals surface area contributed by atoms with Crippen molar-refractivity contribution in [3.8, 4) is 0 Å². The van der Waals surface area contributed by atoms with Crippen LogP contribution in [0, 0.1) is 12.8 Å². The SMILES string of the molecule is CCNCC1CCN(Cc2cc(Br)c(C)s2)CC1. The van der Waals surface area contributed by atoms with Crippen molar-refractivity contribution in [2.24, 2.45) is 5.92 Å². The van der Waals surface area contributed by atoms with Crippen molar-refractivity contribution in [3.05, 3.63) is 20.3 Å². The minimum atomic E-state index is 0.887. The third kappa shape index (κ3) is 4.05. The monoisotopic (exact) mass is 330 g/mol. The van der Waals surface area contributed by atoms with Crippen molar-refractivity contribution in [1.82, 2.24) is 10.2 Å². The average Bonchev–Trinajstić information content (AvgIpc) is 2.67. The highest BCUT2D eigenvalue weighted by Crippen LogP contribution is 2.28. The largest absolute Gasteiger partial charge is 0.317 e. The number of aryl methyl sites for hydroxylation is 1. The minimum absolute atomic E-state index is 0.887. The molecule has 0 bridgehead atoms. The van der Waals surface area contributed by atoms with Gasteiger partial charge in [0.25, 0.3) is 0 Å². The highest BCUT2D eigenvalue weighted by atomic mass is 79.9. The second kappa shape index (κ2) is 7.04. The third-order valence-corrected chi connectivity index (χ3v) is 5.80. The Morgan fingerprint density at radius 2 is 2.17 bits per heavy atom. The number of rotatable bonds is 5. The molecule has 0 spiro atoms. The zero-order chi connectivity index (χ0) is 13.0. The molecule has 0 atom stereocenters. The Kier molecular flexibility index (Phi) is 5.67. The molecule has 1 aromatic rings. The second-order valence-corrected chi connectivity index (χ2v) is 7.34. The number of nitrogens with zero attached hydrogens (tertiary/aromatic N) is 1. The van der Waals surface area contributed by atoms with Crippen LogP contribution in [0.2, 0.25) is 0 Å². The average molecular weight is 331 g/mol. The van der Waals surface area contributed by atoms with Crippen molar-refractivity contribution < 1.29 is 0 Å². The molecule has 0 aromatic carbocycles. The van der Waals surface area contributed by atoms with E-state index < -0.39 is 0 Å².